The van der Waals surface area contributed by atoms with E-state index in [2.05, 4.69) is 4.98 Å². The minimum Gasteiger partial charge on any atom is -0.465 e. The summed E-state index contributed by atoms with van der Waals surface area (Å²) in [5.74, 6) is -0.0639. The van der Waals surface area contributed by atoms with Crippen molar-refractivity contribution in [3.05, 3.63) is 35.9 Å². The van der Waals surface area contributed by atoms with Gasteiger partial charge in [-0.3, -0.25) is 0 Å². The average molecular weight is 270 g/mol. The first-order valence-electron chi connectivity index (χ1n) is 5.74. The highest BCUT2D eigenvalue weighted by atomic mass is 19.4. The van der Waals surface area contributed by atoms with E-state index in [1.807, 2.05) is 12.1 Å². The number of fused-ring (bicyclic) bond motifs is 1. The van der Waals surface area contributed by atoms with Crippen LogP contribution in [0, 0.1) is 0 Å². The standard InChI is InChI=1S/C13H13F3N2O/c1-8(13(14,15)16)19-12-10(7-17)6-9-4-2-3-5-11(9)18-12/h2-6,8H,7,17H2,1H3. The number of hydrogen-bond acceptors (Lipinski definition) is 3. The Hall–Kier alpha value is -1.82. The summed E-state index contributed by atoms with van der Waals surface area (Å²) < 4.78 is 42.4. The summed E-state index contributed by atoms with van der Waals surface area (Å²) >= 11 is 0. The molecule has 1 aromatic heterocycles. The highest BCUT2D eigenvalue weighted by Crippen LogP contribution is 2.27. The molecule has 1 unspecified atom stereocenters. The topological polar surface area (TPSA) is 48.1 Å². The lowest BCUT2D eigenvalue weighted by Gasteiger charge is -2.19. The third-order valence-electron chi connectivity index (χ3n) is 2.73. The molecular weight excluding hydrogens is 257 g/mol. The molecule has 0 fully saturated rings. The maximum absolute atomic E-state index is 12.5. The lowest BCUT2D eigenvalue weighted by Crippen LogP contribution is -2.31. The molecule has 0 aliphatic rings. The fraction of sp³-hybridized carbons (Fsp3) is 0.308. The van der Waals surface area contributed by atoms with E-state index < -0.39 is 12.3 Å². The van der Waals surface area contributed by atoms with Crippen LogP contribution in [0.25, 0.3) is 10.9 Å². The second-order valence-corrected chi connectivity index (χ2v) is 4.15. The Balaban J connectivity index is 2.41. The Bertz CT molecular complexity index is 584. The molecule has 19 heavy (non-hydrogen) atoms. The first-order chi connectivity index (χ1) is 8.91. The number of aromatic nitrogens is 1. The van der Waals surface area contributed by atoms with Crippen LogP contribution in [-0.4, -0.2) is 17.3 Å². The van der Waals surface area contributed by atoms with Gasteiger partial charge in [-0.15, -0.1) is 0 Å². The van der Waals surface area contributed by atoms with Crippen molar-refractivity contribution in [3.63, 3.8) is 0 Å². The molecule has 1 aromatic carbocycles. The fourth-order valence-electron chi connectivity index (χ4n) is 1.62. The van der Waals surface area contributed by atoms with Gasteiger partial charge in [-0.25, -0.2) is 4.98 Å². The zero-order valence-corrected chi connectivity index (χ0v) is 10.2. The van der Waals surface area contributed by atoms with Crippen LogP contribution < -0.4 is 10.5 Å². The summed E-state index contributed by atoms with van der Waals surface area (Å²) in [4.78, 5) is 4.10. The van der Waals surface area contributed by atoms with E-state index in [1.54, 1.807) is 18.2 Å². The number of pyridine rings is 1. The average Bonchev–Trinajstić information content (AvgIpc) is 2.36. The van der Waals surface area contributed by atoms with Gasteiger partial charge >= 0.3 is 6.18 Å². The van der Waals surface area contributed by atoms with Crippen molar-refractivity contribution < 1.29 is 17.9 Å². The normalized spacial score (nSPS) is 13.5. The minimum atomic E-state index is -4.43. The fourth-order valence-corrected chi connectivity index (χ4v) is 1.62. The molecule has 1 heterocycles. The third-order valence-corrected chi connectivity index (χ3v) is 2.73. The van der Waals surface area contributed by atoms with Crippen LogP contribution in [0.1, 0.15) is 12.5 Å². The van der Waals surface area contributed by atoms with Crippen LogP contribution in [0.4, 0.5) is 13.2 Å². The van der Waals surface area contributed by atoms with Crippen molar-refractivity contribution in [2.24, 2.45) is 5.73 Å². The number of nitrogens with zero attached hydrogens (tertiary/aromatic N) is 1. The van der Waals surface area contributed by atoms with Gasteiger partial charge in [-0.05, 0) is 19.1 Å². The molecule has 102 valence electrons. The summed E-state index contributed by atoms with van der Waals surface area (Å²) in [5, 5.41) is 0.815. The molecule has 0 bridgehead atoms. The van der Waals surface area contributed by atoms with E-state index in [-0.39, 0.29) is 12.4 Å². The molecule has 2 N–H and O–H groups in total. The predicted molar refractivity (Wildman–Crippen MR) is 65.8 cm³/mol. The number of ether oxygens (including phenoxy) is 1. The minimum absolute atomic E-state index is 0.0639. The van der Waals surface area contributed by atoms with Crippen LogP contribution in [0.2, 0.25) is 0 Å². The monoisotopic (exact) mass is 270 g/mol. The summed E-state index contributed by atoms with van der Waals surface area (Å²) in [5.41, 5.74) is 6.55. The second kappa shape index (κ2) is 5.05. The van der Waals surface area contributed by atoms with E-state index in [4.69, 9.17) is 10.5 Å². The van der Waals surface area contributed by atoms with Gasteiger partial charge in [0.2, 0.25) is 5.88 Å². The van der Waals surface area contributed by atoms with Gasteiger partial charge in [0.25, 0.3) is 0 Å². The van der Waals surface area contributed by atoms with Crippen molar-refractivity contribution in [2.45, 2.75) is 25.7 Å². The van der Waals surface area contributed by atoms with Crippen LogP contribution in [0.15, 0.2) is 30.3 Å². The van der Waals surface area contributed by atoms with E-state index in [0.717, 1.165) is 12.3 Å². The summed E-state index contributed by atoms with van der Waals surface area (Å²) in [6.45, 7) is 1.01. The van der Waals surface area contributed by atoms with Gasteiger partial charge < -0.3 is 10.5 Å². The van der Waals surface area contributed by atoms with Crippen LogP contribution in [0.5, 0.6) is 5.88 Å². The highest BCUT2D eigenvalue weighted by molar-refractivity contribution is 5.80. The Labute approximate surface area is 108 Å². The van der Waals surface area contributed by atoms with Gasteiger partial charge in [-0.1, -0.05) is 18.2 Å². The quantitative estimate of drug-likeness (QED) is 0.932. The number of hydrogen-bond donors (Lipinski definition) is 1. The van der Waals surface area contributed by atoms with E-state index in [9.17, 15) is 13.2 Å². The zero-order valence-electron chi connectivity index (χ0n) is 10.2. The summed E-state index contributed by atoms with van der Waals surface area (Å²) in [7, 11) is 0. The predicted octanol–water partition coefficient (Wildman–Crippen LogP) is 3.02. The van der Waals surface area contributed by atoms with Gasteiger partial charge in [0, 0.05) is 17.5 Å². The first kappa shape index (κ1) is 13.6. The molecule has 2 rings (SSSR count). The Kier molecular flexibility index (Phi) is 3.61. The van der Waals surface area contributed by atoms with Gasteiger partial charge in [0.15, 0.2) is 6.10 Å². The molecule has 0 spiro atoms. The Morgan fingerprint density at radius 2 is 2.00 bits per heavy atom. The Morgan fingerprint density at radius 1 is 1.32 bits per heavy atom. The molecule has 6 heteroatoms. The molecule has 1 atom stereocenters. The van der Waals surface area contributed by atoms with Crippen LogP contribution >= 0.6 is 0 Å². The van der Waals surface area contributed by atoms with Crippen molar-refractivity contribution in [1.29, 1.82) is 0 Å². The molecule has 0 radical (unpaired) electrons. The molecule has 2 aromatic rings. The van der Waals surface area contributed by atoms with Crippen LogP contribution in [-0.2, 0) is 6.54 Å². The smallest absolute Gasteiger partial charge is 0.425 e. The number of rotatable bonds is 3. The first-order valence-corrected chi connectivity index (χ1v) is 5.74. The molecule has 0 aliphatic carbocycles. The SMILES string of the molecule is CC(Oc1nc2ccccc2cc1CN)C(F)(F)F. The van der Waals surface area contributed by atoms with Crippen molar-refractivity contribution in [1.82, 2.24) is 4.98 Å². The number of nitrogens with two attached hydrogens (primary N) is 1. The lowest BCUT2D eigenvalue weighted by atomic mass is 10.1. The lowest BCUT2D eigenvalue weighted by molar-refractivity contribution is -0.190. The summed E-state index contributed by atoms with van der Waals surface area (Å²) in [6.07, 6.45) is -6.36. The zero-order chi connectivity index (χ0) is 14.0. The Morgan fingerprint density at radius 3 is 2.63 bits per heavy atom. The third kappa shape index (κ3) is 2.96. The number of alkyl halides is 3. The second-order valence-electron chi connectivity index (χ2n) is 4.15. The summed E-state index contributed by atoms with van der Waals surface area (Å²) in [6, 6.07) is 8.80. The van der Waals surface area contributed by atoms with E-state index >= 15 is 0 Å². The van der Waals surface area contributed by atoms with Crippen molar-refractivity contribution >= 4 is 10.9 Å². The van der Waals surface area contributed by atoms with Gasteiger partial charge in [0.1, 0.15) is 0 Å². The highest BCUT2D eigenvalue weighted by Gasteiger charge is 2.38. The molecule has 0 saturated carbocycles. The molecule has 3 nitrogen and oxygen atoms in total. The van der Waals surface area contributed by atoms with E-state index in [1.165, 1.54) is 0 Å². The largest absolute Gasteiger partial charge is 0.465 e. The molecule has 0 amide bonds. The van der Waals surface area contributed by atoms with Crippen LogP contribution in [0.3, 0.4) is 0 Å². The maximum Gasteiger partial charge on any atom is 0.425 e. The molecule has 0 aliphatic heterocycles. The van der Waals surface area contributed by atoms with E-state index in [0.29, 0.717) is 11.1 Å². The number of para-hydroxylation sites is 1. The van der Waals surface area contributed by atoms with Gasteiger partial charge in [0.05, 0.1) is 5.52 Å². The van der Waals surface area contributed by atoms with Crippen molar-refractivity contribution in [2.75, 3.05) is 0 Å². The van der Waals surface area contributed by atoms with Crippen molar-refractivity contribution in [3.8, 4) is 5.88 Å². The van der Waals surface area contributed by atoms with Gasteiger partial charge in [-0.2, -0.15) is 13.2 Å². The number of benzene rings is 1. The maximum atomic E-state index is 12.5. The molecule has 0 saturated heterocycles. The number of halogens is 3. The molecular formula is C13H13F3N2O.